The zero-order valence-corrected chi connectivity index (χ0v) is 16.7. The number of nitrogens with zero attached hydrogens (tertiary/aromatic N) is 2. The van der Waals surface area contributed by atoms with E-state index in [0.717, 1.165) is 42.0 Å². The summed E-state index contributed by atoms with van der Waals surface area (Å²) in [6, 6.07) is 15.5. The zero-order chi connectivity index (χ0) is 19.7. The summed E-state index contributed by atoms with van der Waals surface area (Å²) >= 11 is 1.45. The SMILES string of the molecule is O=C(CSC1=NC2(CCCC2)N=C1c1ccccc1)Nc1ccc2c(c1)OCO2. The van der Waals surface area contributed by atoms with Crippen LogP contribution >= 0.6 is 11.8 Å². The quantitative estimate of drug-likeness (QED) is 0.822. The number of nitrogens with one attached hydrogen (secondary N) is 1. The van der Waals surface area contributed by atoms with Crippen LogP contribution in [0, 0.1) is 0 Å². The molecule has 3 aliphatic rings. The van der Waals surface area contributed by atoms with Gasteiger partial charge in [-0.1, -0.05) is 42.1 Å². The first-order valence-electron chi connectivity index (χ1n) is 9.79. The Labute approximate surface area is 173 Å². The number of hydrogen-bond donors (Lipinski definition) is 1. The van der Waals surface area contributed by atoms with Gasteiger partial charge in [-0.2, -0.15) is 0 Å². The number of rotatable bonds is 4. The summed E-state index contributed by atoms with van der Waals surface area (Å²) in [6.07, 6.45) is 4.27. The molecule has 0 aromatic heterocycles. The minimum Gasteiger partial charge on any atom is -0.454 e. The van der Waals surface area contributed by atoms with Crippen LogP contribution in [0.15, 0.2) is 58.5 Å². The second kappa shape index (κ2) is 7.55. The maximum atomic E-state index is 12.5. The van der Waals surface area contributed by atoms with Gasteiger partial charge in [0, 0.05) is 17.3 Å². The van der Waals surface area contributed by atoms with Gasteiger partial charge in [0.1, 0.15) is 5.04 Å². The Bertz CT molecular complexity index is 998. The molecule has 1 aliphatic carbocycles. The molecule has 0 saturated heterocycles. The molecule has 1 fully saturated rings. The highest BCUT2D eigenvalue weighted by Crippen LogP contribution is 2.40. The van der Waals surface area contributed by atoms with Gasteiger partial charge in [0.25, 0.3) is 0 Å². The number of anilines is 1. The lowest BCUT2D eigenvalue weighted by atomic mass is 10.1. The number of hydrogen-bond acceptors (Lipinski definition) is 6. The fourth-order valence-electron chi connectivity index (χ4n) is 3.88. The number of aliphatic imine (C=N–C) groups is 2. The maximum Gasteiger partial charge on any atom is 0.234 e. The Kier molecular flexibility index (Phi) is 4.75. The van der Waals surface area contributed by atoms with Crippen molar-refractivity contribution in [2.75, 3.05) is 17.9 Å². The predicted molar refractivity (Wildman–Crippen MR) is 115 cm³/mol. The molecule has 0 atom stereocenters. The molecule has 2 heterocycles. The van der Waals surface area contributed by atoms with Crippen molar-refractivity contribution in [2.24, 2.45) is 9.98 Å². The molecule has 1 N–H and O–H groups in total. The summed E-state index contributed by atoms with van der Waals surface area (Å²) < 4.78 is 10.7. The first kappa shape index (κ1) is 18.2. The van der Waals surface area contributed by atoms with Crippen molar-refractivity contribution in [3.8, 4) is 11.5 Å². The maximum absolute atomic E-state index is 12.5. The summed E-state index contributed by atoms with van der Waals surface area (Å²) in [5.41, 5.74) is 2.34. The number of ether oxygens (including phenoxy) is 2. The van der Waals surface area contributed by atoms with Gasteiger partial charge in [-0.3, -0.25) is 9.79 Å². The van der Waals surface area contributed by atoms with E-state index in [1.807, 2.05) is 24.3 Å². The molecule has 2 aromatic carbocycles. The molecule has 0 bridgehead atoms. The standard InChI is InChI=1S/C22H21N3O3S/c26-19(23-16-8-9-17-18(12-16)28-14-27-17)13-29-21-20(15-6-2-1-3-7-15)24-22(25-21)10-4-5-11-22/h1-3,6-9,12H,4-5,10-11,13-14H2,(H,23,26). The highest BCUT2D eigenvalue weighted by atomic mass is 32.2. The third kappa shape index (κ3) is 3.74. The van der Waals surface area contributed by atoms with Gasteiger partial charge in [-0.05, 0) is 37.8 Å². The Morgan fingerprint density at radius 1 is 1.03 bits per heavy atom. The summed E-state index contributed by atoms with van der Waals surface area (Å²) in [7, 11) is 0. The van der Waals surface area contributed by atoms with Gasteiger partial charge < -0.3 is 14.8 Å². The molecule has 1 saturated carbocycles. The minimum atomic E-state index is -0.318. The molecule has 2 aliphatic heterocycles. The van der Waals surface area contributed by atoms with Gasteiger partial charge >= 0.3 is 0 Å². The van der Waals surface area contributed by atoms with E-state index in [-0.39, 0.29) is 24.1 Å². The van der Waals surface area contributed by atoms with E-state index in [1.165, 1.54) is 11.8 Å². The fourth-order valence-corrected chi connectivity index (χ4v) is 4.75. The van der Waals surface area contributed by atoms with E-state index >= 15 is 0 Å². The molecule has 1 amide bonds. The van der Waals surface area contributed by atoms with Crippen molar-refractivity contribution in [3.63, 3.8) is 0 Å². The number of fused-ring (bicyclic) bond motifs is 1. The molecule has 7 heteroatoms. The smallest absolute Gasteiger partial charge is 0.234 e. The lowest BCUT2D eigenvalue weighted by Crippen LogP contribution is -2.17. The fraction of sp³-hybridized carbons (Fsp3) is 0.318. The molecule has 1 spiro atoms. The predicted octanol–water partition coefficient (Wildman–Crippen LogP) is 4.26. The summed E-state index contributed by atoms with van der Waals surface area (Å²) in [6.45, 7) is 0.214. The van der Waals surface area contributed by atoms with E-state index in [2.05, 4.69) is 17.4 Å². The molecule has 6 nitrogen and oxygen atoms in total. The van der Waals surface area contributed by atoms with E-state index < -0.39 is 0 Å². The molecule has 148 valence electrons. The highest BCUT2D eigenvalue weighted by Gasteiger charge is 2.39. The minimum absolute atomic E-state index is 0.0867. The summed E-state index contributed by atoms with van der Waals surface area (Å²) in [5, 5.41) is 3.78. The van der Waals surface area contributed by atoms with Crippen molar-refractivity contribution in [2.45, 2.75) is 31.3 Å². The van der Waals surface area contributed by atoms with Crippen LogP contribution in [0.1, 0.15) is 31.2 Å². The van der Waals surface area contributed by atoms with Crippen molar-refractivity contribution >= 4 is 34.1 Å². The first-order chi connectivity index (χ1) is 14.2. The molecule has 0 radical (unpaired) electrons. The van der Waals surface area contributed by atoms with Crippen molar-refractivity contribution < 1.29 is 14.3 Å². The van der Waals surface area contributed by atoms with Crippen molar-refractivity contribution in [1.29, 1.82) is 0 Å². The number of thioether (sulfide) groups is 1. The lowest BCUT2D eigenvalue weighted by molar-refractivity contribution is -0.113. The summed E-state index contributed by atoms with van der Waals surface area (Å²) in [5.74, 6) is 1.53. The topological polar surface area (TPSA) is 72.3 Å². The molecule has 0 unspecified atom stereocenters. The van der Waals surface area contributed by atoms with Crippen LogP contribution in [0.2, 0.25) is 0 Å². The van der Waals surface area contributed by atoms with Gasteiger partial charge in [0.15, 0.2) is 17.2 Å². The summed E-state index contributed by atoms with van der Waals surface area (Å²) in [4.78, 5) is 22.5. The van der Waals surface area contributed by atoms with Crippen LogP contribution in [0.3, 0.4) is 0 Å². The Hall–Kier alpha value is -2.80. The Balaban J connectivity index is 1.28. The van der Waals surface area contributed by atoms with Crippen LogP contribution in [0.5, 0.6) is 11.5 Å². The van der Waals surface area contributed by atoms with E-state index in [4.69, 9.17) is 19.5 Å². The van der Waals surface area contributed by atoms with Gasteiger partial charge in [0.05, 0.1) is 11.5 Å². The molecule has 29 heavy (non-hydrogen) atoms. The van der Waals surface area contributed by atoms with E-state index in [1.54, 1.807) is 12.1 Å². The monoisotopic (exact) mass is 407 g/mol. The average molecular weight is 407 g/mol. The van der Waals surface area contributed by atoms with E-state index in [0.29, 0.717) is 17.2 Å². The van der Waals surface area contributed by atoms with Crippen LogP contribution in [0.25, 0.3) is 0 Å². The number of carbonyl (C=O) groups is 1. The first-order valence-corrected chi connectivity index (χ1v) is 10.8. The highest BCUT2D eigenvalue weighted by molar-refractivity contribution is 8.16. The van der Waals surface area contributed by atoms with Crippen LogP contribution in [-0.4, -0.2) is 34.9 Å². The zero-order valence-electron chi connectivity index (χ0n) is 15.9. The molecular weight excluding hydrogens is 386 g/mol. The van der Waals surface area contributed by atoms with Gasteiger partial charge in [0.2, 0.25) is 12.7 Å². The number of benzene rings is 2. The van der Waals surface area contributed by atoms with E-state index in [9.17, 15) is 4.79 Å². The Morgan fingerprint density at radius 3 is 2.66 bits per heavy atom. The largest absolute Gasteiger partial charge is 0.454 e. The second-order valence-corrected chi connectivity index (χ2v) is 8.30. The third-order valence-electron chi connectivity index (χ3n) is 5.28. The average Bonchev–Trinajstić information content (AvgIpc) is 3.47. The molecule has 5 rings (SSSR count). The van der Waals surface area contributed by atoms with Crippen molar-refractivity contribution in [3.05, 3.63) is 54.1 Å². The molecular formula is C22H21N3O3S. The molecule has 2 aromatic rings. The number of carbonyl (C=O) groups excluding carboxylic acids is 1. The number of amides is 1. The van der Waals surface area contributed by atoms with Crippen molar-refractivity contribution in [1.82, 2.24) is 0 Å². The van der Waals surface area contributed by atoms with Gasteiger partial charge in [-0.25, -0.2) is 4.99 Å². The van der Waals surface area contributed by atoms with Crippen LogP contribution in [-0.2, 0) is 4.79 Å². The van der Waals surface area contributed by atoms with Gasteiger partial charge in [-0.15, -0.1) is 0 Å². The van der Waals surface area contributed by atoms with Crippen LogP contribution < -0.4 is 14.8 Å². The normalized spacial score (nSPS) is 18.6. The Morgan fingerprint density at radius 2 is 1.83 bits per heavy atom. The lowest BCUT2D eigenvalue weighted by Gasteiger charge is -2.14. The second-order valence-electron chi connectivity index (χ2n) is 7.34. The van der Waals surface area contributed by atoms with Crippen LogP contribution in [0.4, 0.5) is 5.69 Å². The third-order valence-corrected chi connectivity index (χ3v) is 6.24.